The second kappa shape index (κ2) is 7.04. The van der Waals surface area contributed by atoms with E-state index in [1.807, 2.05) is 13.8 Å². The zero-order valence-corrected chi connectivity index (χ0v) is 11.7. The van der Waals surface area contributed by atoms with Crippen molar-refractivity contribution >= 4 is 0 Å². The highest BCUT2D eigenvalue weighted by Crippen LogP contribution is 2.33. The van der Waals surface area contributed by atoms with Crippen LogP contribution in [0.4, 0.5) is 17.6 Å². The van der Waals surface area contributed by atoms with Crippen molar-refractivity contribution in [2.24, 2.45) is 0 Å². The summed E-state index contributed by atoms with van der Waals surface area (Å²) in [5.41, 5.74) is -0.826. The number of hydrogen-bond acceptors (Lipinski definition) is 2. The van der Waals surface area contributed by atoms with Crippen LogP contribution in [0.25, 0.3) is 0 Å². The lowest BCUT2D eigenvalue weighted by molar-refractivity contribution is -0.140. The minimum atomic E-state index is -4.69. The average Bonchev–Trinajstić information content (AvgIpc) is 2.37. The fraction of sp³-hybridized carbons (Fsp3) is 0.571. The minimum absolute atomic E-state index is 0.113. The summed E-state index contributed by atoms with van der Waals surface area (Å²) in [6.45, 7) is 4.29. The first kappa shape index (κ1) is 16.9. The predicted molar refractivity (Wildman–Crippen MR) is 68.9 cm³/mol. The Balaban J connectivity index is 3.08. The molecule has 0 aliphatic carbocycles. The van der Waals surface area contributed by atoms with E-state index in [-0.39, 0.29) is 12.1 Å². The molecule has 1 aromatic carbocycles. The lowest BCUT2D eigenvalue weighted by Gasteiger charge is -2.22. The first-order valence-electron chi connectivity index (χ1n) is 6.42. The van der Waals surface area contributed by atoms with Gasteiger partial charge in [-0.3, -0.25) is 0 Å². The van der Waals surface area contributed by atoms with Gasteiger partial charge in [0, 0.05) is 13.2 Å². The average molecular weight is 293 g/mol. The van der Waals surface area contributed by atoms with Crippen LogP contribution in [0.3, 0.4) is 0 Å². The molecule has 2 unspecified atom stereocenters. The van der Waals surface area contributed by atoms with Crippen LogP contribution in [-0.2, 0) is 10.9 Å². The van der Waals surface area contributed by atoms with Crippen molar-refractivity contribution in [3.8, 4) is 0 Å². The van der Waals surface area contributed by atoms with Crippen molar-refractivity contribution in [3.05, 3.63) is 35.1 Å². The summed E-state index contributed by atoms with van der Waals surface area (Å²) in [5, 5.41) is 3.09. The molecule has 6 heteroatoms. The molecule has 114 valence electrons. The fourth-order valence-electron chi connectivity index (χ4n) is 1.99. The van der Waals surface area contributed by atoms with Crippen molar-refractivity contribution < 1.29 is 22.3 Å². The van der Waals surface area contributed by atoms with Gasteiger partial charge >= 0.3 is 6.18 Å². The lowest BCUT2D eigenvalue weighted by atomic mass is 9.98. The molecule has 2 atom stereocenters. The maximum Gasteiger partial charge on any atom is 0.419 e. The molecule has 0 bridgehead atoms. The summed E-state index contributed by atoms with van der Waals surface area (Å²) in [6.07, 6.45) is -4.30. The van der Waals surface area contributed by atoms with Crippen LogP contribution in [-0.4, -0.2) is 19.8 Å². The van der Waals surface area contributed by atoms with E-state index in [0.717, 1.165) is 12.1 Å². The lowest BCUT2D eigenvalue weighted by Crippen LogP contribution is -2.25. The minimum Gasteiger partial charge on any atom is -0.382 e. The van der Waals surface area contributed by atoms with E-state index in [9.17, 15) is 17.6 Å². The molecule has 1 N–H and O–H groups in total. The van der Waals surface area contributed by atoms with E-state index in [2.05, 4.69) is 5.32 Å². The first-order chi connectivity index (χ1) is 9.29. The second-order valence-electron chi connectivity index (χ2n) is 4.63. The number of ether oxygens (including phenoxy) is 1. The number of halogens is 4. The Bertz CT molecular complexity index is 434. The van der Waals surface area contributed by atoms with Crippen LogP contribution >= 0.6 is 0 Å². The summed E-state index contributed by atoms with van der Waals surface area (Å²) in [6, 6.07) is 2.79. The molecule has 2 nitrogen and oxygen atoms in total. The highest BCUT2D eigenvalue weighted by molar-refractivity contribution is 5.29. The monoisotopic (exact) mass is 293 g/mol. The Morgan fingerprint density at radius 2 is 1.95 bits per heavy atom. The van der Waals surface area contributed by atoms with E-state index in [1.165, 1.54) is 6.07 Å². The van der Waals surface area contributed by atoms with E-state index in [0.29, 0.717) is 18.5 Å². The Labute approximate surface area is 116 Å². The van der Waals surface area contributed by atoms with Crippen molar-refractivity contribution in [2.75, 3.05) is 13.7 Å². The zero-order chi connectivity index (χ0) is 15.3. The summed E-state index contributed by atoms with van der Waals surface area (Å²) in [5.74, 6) is -1.25. The fourth-order valence-corrected chi connectivity index (χ4v) is 1.99. The van der Waals surface area contributed by atoms with Crippen LogP contribution in [0.5, 0.6) is 0 Å². The van der Waals surface area contributed by atoms with Gasteiger partial charge < -0.3 is 10.1 Å². The highest BCUT2D eigenvalue weighted by atomic mass is 19.4. The molecular formula is C14H19F4NO. The van der Waals surface area contributed by atoms with E-state index in [1.54, 1.807) is 7.11 Å². The molecule has 0 fully saturated rings. The summed E-state index contributed by atoms with van der Waals surface area (Å²) < 4.78 is 56.6. The Kier molecular flexibility index (Phi) is 5.95. The van der Waals surface area contributed by atoms with Gasteiger partial charge in [-0.05, 0) is 37.6 Å². The third kappa shape index (κ3) is 4.45. The maximum absolute atomic E-state index is 13.3. The quantitative estimate of drug-likeness (QED) is 0.803. The van der Waals surface area contributed by atoms with Gasteiger partial charge in [0.15, 0.2) is 0 Å². The van der Waals surface area contributed by atoms with Gasteiger partial charge in [-0.25, -0.2) is 4.39 Å². The zero-order valence-electron chi connectivity index (χ0n) is 11.7. The summed E-state index contributed by atoms with van der Waals surface area (Å²) in [4.78, 5) is 0. The topological polar surface area (TPSA) is 21.3 Å². The molecule has 0 aliphatic heterocycles. The molecule has 0 radical (unpaired) electrons. The third-order valence-electron chi connectivity index (χ3n) is 3.12. The molecule has 0 saturated heterocycles. The van der Waals surface area contributed by atoms with Crippen LogP contribution in [0, 0.1) is 5.82 Å². The smallest absolute Gasteiger partial charge is 0.382 e. The Hall–Kier alpha value is -1.14. The van der Waals surface area contributed by atoms with Crippen molar-refractivity contribution in [2.45, 2.75) is 38.6 Å². The van der Waals surface area contributed by atoms with Crippen molar-refractivity contribution in [1.29, 1.82) is 0 Å². The van der Waals surface area contributed by atoms with E-state index >= 15 is 0 Å². The predicted octanol–water partition coefficient (Wildman–Crippen LogP) is 3.92. The largest absolute Gasteiger partial charge is 0.419 e. The number of rotatable bonds is 6. The second-order valence-corrected chi connectivity index (χ2v) is 4.63. The van der Waals surface area contributed by atoms with Crippen LogP contribution in [0.2, 0.25) is 0 Å². The summed E-state index contributed by atoms with van der Waals surface area (Å²) >= 11 is 0. The third-order valence-corrected chi connectivity index (χ3v) is 3.12. The van der Waals surface area contributed by atoms with Crippen LogP contribution < -0.4 is 5.32 Å². The highest BCUT2D eigenvalue weighted by Gasteiger charge is 2.34. The molecule has 0 spiro atoms. The van der Waals surface area contributed by atoms with Gasteiger partial charge in [-0.15, -0.1) is 0 Å². The van der Waals surface area contributed by atoms with Gasteiger partial charge in [0.25, 0.3) is 0 Å². The van der Waals surface area contributed by atoms with Crippen LogP contribution in [0.15, 0.2) is 18.2 Å². The van der Waals surface area contributed by atoms with Gasteiger partial charge in [0.1, 0.15) is 5.82 Å². The number of alkyl halides is 3. The van der Waals surface area contributed by atoms with E-state index in [4.69, 9.17) is 4.74 Å². The molecule has 0 heterocycles. The van der Waals surface area contributed by atoms with Crippen LogP contribution in [0.1, 0.15) is 37.4 Å². The van der Waals surface area contributed by atoms with Gasteiger partial charge in [-0.1, -0.05) is 13.0 Å². The molecular weight excluding hydrogens is 274 g/mol. The number of benzene rings is 1. The Morgan fingerprint density at radius 3 is 2.45 bits per heavy atom. The Morgan fingerprint density at radius 1 is 1.30 bits per heavy atom. The molecule has 20 heavy (non-hydrogen) atoms. The normalized spacial score (nSPS) is 15.2. The number of hydrogen-bond donors (Lipinski definition) is 1. The number of nitrogens with one attached hydrogen (secondary N) is 1. The summed E-state index contributed by atoms with van der Waals surface area (Å²) in [7, 11) is 1.54. The molecule has 1 aromatic rings. The van der Waals surface area contributed by atoms with Crippen molar-refractivity contribution in [1.82, 2.24) is 5.32 Å². The molecule has 0 aliphatic rings. The van der Waals surface area contributed by atoms with Gasteiger partial charge in [0.05, 0.1) is 11.7 Å². The first-order valence-corrected chi connectivity index (χ1v) is 6.42. The van der Waals surface area contributed by atoms with Gasteiger partial charge in [-0.2, -0.15) is 13.2 Å². The van der Waals surface area contributed by atoms with Gasteiger partial charge in [0.2, 0.25) is 0 Å². The van der Waals surface area contributed by atoms with E-state index < -0.39 is 17.6 Å². The molecule has 1 rings (SSSR count). The maximum atomic E-state index is 13.3. The molecule has 0 saturated carbocycles. The molecule has 0 amide bonds. The van der Waals surface area contributed by atoms with Crippen molar-refractivity contribution in [3.63, 3.8) is 0 Å². The standard InChI is InChI=1S/C14H19F4NO/c1-4-19-13(7-9(2)20-3)10-5-6-12(15)11(8-10)14(16,17)18/h5-6,8-9,13,19H,4,7H2,1-3H3. The number of methoxy groups -OCH3 is 1. The SMILES string of the molecule is CCNC(CC(C)OC)c1ccc(F)c(C(F)(F)F)c1. The molecule has 0 aromatic heterocycles.